The van der Waals surface area contributed by atoms with Gasteiger partial charge < -0.3 is 33.8 Å². The SMILES string of the molecule is CC/C=C\C/C=C\C/C=C\C/C=C\C/C=C\CCCCCC(=O)O[C@H](COC(=O)CCCCCCC/C=C\CCCCCC)COP(=O)(O)OC[C@H](O)COP(=O)(O)OC[C@@H](COC(=O)CC/C=C\C/C=C\C/C=C\C/C=C\C/C=C\CCCCC)OC(=O)CCCCCCC/C=C\CCCCCCCC. The molecule has 0 radical (unpaired) electrons. The Morgan fingerprint density at radius 3 is 0.858 bits per heavy atom. The van der Waals surface area contributed by atoms with Crippen molar-refractivity contribution in [2.75, 3.05) is 39.6 Å². The molecular formula is C87H146O17P2. The van der Waals surface area contributed by atoms with Crippen molar-refractivity contribution >= 4 is 39.5 Å². The van der Waals surface area contributed by atoms with Gasteiger partial charge in [0.15, 0.2) is 12.2 Å². The van der Waals surface area contributed by atoms with Gasteiger partial charge in [-0.1, -0.05) is 283 Å². The Morgan fingerprint density at radius 1 is 0.274 bits per heavy atom. The van der Waals surface area contributed by atoms with Gasteiger partial charge in [-0.25, -0.2) is 9.13 Å². The Labute approximate surface area is 643 Å². The Hall–Kier alpha value is -5.06. The topological polar surface area (TPSA) is 237 Å². The minimum atomic E-state index is -5.00. The summed E-state index contributed by atoms with van der Waals surface area (Å²) >= 11 is 0. The van der Waals surface area contributed by atoms with Gasteiger partial charge in [-0.2, -0.15) is 0 Å². The van der Waals surface area contributed by atoms with E-state index in [0.717, 1.165) is 154 Å². The molecule has 0 fully saturated rings. The van der Waals surface area contributed by atoms with Gasteiger partial charge in [0.1, 0.15) is 19.3 Å². The molecule has 0 aliphatic carbocycles. The van der Waals surface area contributed by atoms with Crippen LogP contribution in [0.3, 0.4) is 0 Å². The minimum Gasteiger partial charge on any atom is -0.462 e. The molecule has 3 N–H and O–H groups in total. The lowest BCUT2D eigenvalue weighted by Gasteiger charge is -2.21. The molecule has 0 aliphatic heterocycles. The van der Waals surface area contributed by atoms with E-state index in [9.17, 15) is 43.2 Å². The molecule has 0 aromatic heterocycles. The first-order valence-corrected chi connectivity index (χ1v) is 44.1. The predicted molar refractivity (Wildman–Crippen MR) is 436 cm³/mol. The average molecular weight is 1530 g/mol. The number of hydrogen-bond donors (Lipinski definition) is 3. The van der Waals surface area contributed by atoms with Crippen LogP contribution in [0.2, 0.25) is 0 Å². The van der Waals surface area contributed by atoms with E-state index in [1.807, 2.05) is 12.2 Å². The summed E-state index contributed by atoms with van der Waals surface area (Å²) in [6.45, 7) is 4.58. The third-order valence-electron chi connectivity index (χ3n) is 16.8. The number of unbranched alkanes of at least 4 members (excludes halogenated alkanes) is 26. The van der Waals surface area contributed by atoms with Crippen molar-refractivity contribution in [3.8, 4) is 0 Å². The van der Waals surface area contributed by atoms with Crippen LogP contribution in [0.5, 0.6) is 0 Å². The molecule has 106 heavy (non-hydrogen) atoms. The zero-order chi connectivity index (χ0) is 77.4. The van der Waals surface area contributed by atoms with E-state index in [0.29, 0.717) is 32.1 Å². The Bertz CT molecular complexity index is 2580. The molecule has 0 bridgehead atoms. The second-order valence-electron chi connectivity index (χ2n) is 27.0. The highest BCUT2D eigenvalue weighted by molar-refractivity contribution is 7.47. The summed E-state index contributed by atoms with van der Waals surface area (Å²) < 4.78 is 68.5. The van der Waals surface area contributed by atoms with Gasteiger partial charge in [0.2, 0.25) is 0 Å². The second-order valence-corrected chi connectivity index (χ2v) is 29.9. The van der Waals surface area contributed by atoms with Crippen molar-refractivity contribution in [2.45, 2.75) is 341 Å². The largest absolute Gasteiger partial charge is 0.472 e. The fourth-order valence-corrected chi connectivity index (χ4v) is 12.1. The van der Waals surface area contributed by atoms with Crippen molar-refractivity contribution in [1.82, 2.24) is 0 Å². The third-order valence-corrected chi connectivity index (χ3v) is 18.7. The van der Waals surface area contributed by atoms with Crippen molar-refractivity contribution in [3.05, 3.63) is 146 Å². The van der Waals surface area contributed by atoms with Crippen molar-refractivity contribution < 1.29 is 80.2 Å². The predicted octanol–water partition coefficient (Wildman–Crippen LogP) is 24.2. The van der Waals surface area contributed by atoms with Gasteiger partial charge in [0, 0.05) is 25.7 Å². The molecule has 0 heterocycles. The van der Waals surface area contributed by atoms with Gasteiger partial charge in [-0.3, -0.25) is 37.3 Å². The van der Waals surface area contributed by atoms with Crippen LogP contribution in [-0.2, 0) is 65.4 Å². The first-order valence-electron chi connectivity index (χ1n) is 41.1. The number of aliphatic hydroxyl groups excluding tert-OH is 1. The minimum absolute atomic E-state index is 0.0328. The maximum absolute atomic E-state index is 13.1. The summed E-state index contributed by atoms with van der Waals surface area (Å²) in [4.78, 5) is 73.0. The van der Waals surface area contributed by atoms with Crippen LogP contribution in [0.1, 0.15) is 323 Å². The van der Waals surface area contributed by atoms with Crippen LogP contribution in [0, 0.1) is 0 Å². The molecule has 0 rings (SSSR count). The molecule has 0 saturated heterocycles. The smallest absolute Gasteiger partial charge is 0.462 e. The molecule has 0 aromatic carbocycles. The summed E-state index contributed by atoms with van der Waals surface area (Å²) in [6.07, 6.45) is 89.8. The van der Waals surface area contributed by atoms with Gasteiger partial charge in [0.25, 0.3) is 0 Å². The van der Waals surface area contributed by atoms with E-state index in [-0.39, 0.29) is 25.7 Å². The maximum atomic E-state index is 13.1. The molecule has 2 unspecified atom stereocenters. The van der Waals surface area contributed by atoms with E-state index in [1.54, 1.807) is 0 Å². The third kappa shape index (κ3) is 77.1. The Kier molecular flexibility index (Phi) is 74.3. The zero-order valence-electron chi connectivity index (χ0n) is 66.3. The van der Waals surface area contributed by atoms with Gasteiger partial charge in [-0.05, 0) is 161 Å². The number of rotatable bonds is 76. The van der Waals surface area contributed by atoms with Crippen LogP contribution in [0.4, 0.5) is 0 Å². The van der Waals surface area contributed by atoms with Crippen molar-refractivity contribution in [3.63, 3.8) is 0 Å². The number of aliphatic hydroxyl groups is 1. The highest BCUT2D eigenvalue weighted by Gasteiger charge is 2.30. The highest BCUT2D eigenvalue weighted by atomic mass is 31.2. The average Bonchev–Trinajstić information content (AvgIpc) is 0.911. The number of carbonyl (C=O) groups is 4. The van der Waals surface area contributed by atoms with Crippen LogP contribution in [0.15, 0.2) is 146 Å². The summed E-state index contributed by atoms with van der Waals surface area (Å²) in [6, 6.07) is 0. The van der Waals surface area contributed by atoms with Crippen LogP contribution in [0.25, 0.3) is 0 Å². The lowest BCUT2D eigenvalue weighted by atomic mass is 10.1. The van der Waals surface area contributed by atoms with Crippen LogP contribution < -0.4 is 0 Å². The van der Waals surface area contributed by atoms with E-state index in [2.05, 4.69) is 161 Å². The second kappa shape index (κ2) is 78.1. The molecule has 0 amide bonds. The van der Waals surface area contributed by atoms with E-state index in [1.165, 1.54) is 83.5 Å². The van der Waals surface area contributed by atoms with Crippen molar-refractivity contribution in [2.24, 2.45) is 0 Å². The Balaban J connectivity index is 5.47. The van der Waals surface area contributed by atoms with E-state index in [4.69, 9.17) is 37.0 Å². The number of ether oxygens (including phenoxy) is 4. The molecule has 0 aromatic rings. The standard InChI is InChI=1S/C87H146O17P2/c1-5-9-13-17-21-25-29-33-36-38-40-42-45-48-52-56-60-64-68-72-85(90)98-78-83(103-86(91)73-69-65-61-57-53-49-44-35-31-27-23-19-15-11-7-3)80-102-106(95,96)100-76-81(88)75-99-105(93,94)101-79-82(77-97-84(89)71-67-63-59-55-51-47-32-28-24-20-16-12-8-4)104-87(92)74-70-66-62-58-54-50-46-43-41-39-37-34-30-26-22-18-14-10-6-2/h10,14,21-22,25-26,28,32-37,40-44,48,50,52,54,60,64,81-83,88H,5-9,11-13,15-20,23-24,27,29-31,38-39,45-47,49,51,53,55-59,61-63,65-80H2,1-4H3,(H,93,94)(H,95,96)/b14-10-,25-21-,26-22-,32-28-,36-33-,37-34-,42-40-,43-41-,44-35-,52-48-,54-50-,64-60-/t81-,82+,83+/m0/s1. The van der Waals surface area contributed by atoms with Crippen molar-refractivity contribution in [1.29, 1.82) is 0 Å². The summed E-state index contributed by atoms with van der Waals surface area (Å²) in [5.74, 6) is -2.33. The van der Waals surface area contributed by atoms with Gasteiger partial charge >= 0.3 is 39.5 Å². The fourth-order valence-electron chi connectivity index (χ4n) is 10.5. The zero-order valence-corrected chi connectivity index (χ0v) is 68.1. The monoisotopic (exact) mass is 1530 g/mol. The van der Waals surface area contributed by atoms with Gasteiger partial charge in [0.05, 0.1) is 26.4 Å². The molecule has 0 aliphatic rings. The van der Waals surface area contributed by atoms with E-state index >= 15 is 0 Å². The highest BCUT2D eigenvalue weighted by Crippen LogP contribution is 2.45. The van der Waals surface area contributed by atoms with E-state index < -0.39 is 97.5 Å². The van der Waals surface area contributed by atoms with Crippen LogP contribution in [-0.4, -0.2) is 96.7 Å². The molecule has 19 heteroatoms. The van der Waals surface area contributed by atoms with Crippen LogP contribution >= 0.6 is 15.6 Å². The number of hydrogen-bond acceptors (Lipinski definition) is 15. The summed E-state index contributed by atoms with van der Waals surface area (Å²) in [5, 5.41) is 10.6. The summed E-state index contributed by atoms with van der Waals surface area (Å²) in [5.41, 5.74) is 0. The normalized spacial score (nSPS) is 14.6. The maximum Gasteiger partial charge on any atom is 0.472 e. The fraction of sp³-hybridized carbons (Fsp3) is 0.678. The molecule has 5 atom stereocenters. The Morgan fingerprint density at radius 2 is 0.509 bits per heavy atom. The molecule has 0 spiro atoms. The lowest BCUT2D eigenvalue weighted by molar-refractivity contribution is -0.161. The lowest BCUT2D eigenvalue weighted by Crippen LogP contribution is -2.30. The first-order chi connectivity index (χ1) is 51.7. The van der Waals surface area contributed by atoms with Gasteiger partial charge in [-0.15, -0.1) is 0 Å². The number of phosphoric acid groups is 2. The summed E-state index contributed by atoms with van der Waals surface area (Å²) in [7, 11) is -10.0. The molecule has 17 nitrogen and oxygen atoms in total. The molecular weight excluding hydrogens is 1380 g/mol. The quantitative estimate of drug-likeness (QED) is 0.0169. The number of carbonyl (C=O) groups excluding carboxylic acids is 4. The molecule has 0 saturated carbocycles. The number of esters is 4. The first kappa shape index (κ1) is 101. The molecule has 606 valence electrons. The number of allylic oxidation sites excluding steroid dienone is 24. The number of phosphoric ester groups is 2.